The molecule has 130 valence electrons. The van der Waals surface area contributed by atoms with Gasteiger partial charge in [-0.05, 0) is 45.7 Å². The molecule has 0 amide bonds. The summed E-state index contributed by atoms with van der Waals surface area (Å²) in [6, 6.07) is 2.47. The molecule has 0 saturated carbocycles. The maximum absolute atomic E-state index is 12.3. The van der Waals surface area contributed by atoms with Gasteiger partial charge < -0.3 is 0 Å². The molecular formula is C16H28N4O2S. The number of aryl methyl sites for hydroxylation is 2. The van der Waals surface area contributed by atoms with E-state index in [1.54, 1.807) is 4.31 Å². The predicted octanol–water partition coefficient (Wildman–Crippen LogP) is 1.51. The van der Waals surface area contributed by atoms with Crippen LogP contribution in [0.3, 0.4) is 0 Å². The van der Waals surface area contributed by atoms with E-state index in [-0.39, 0.29) is 6.04 Å². The molecule has 0 N–H and O–H groups in total. The van der Waals surface area contributed by atoms with Crippen molar-refractivity contribution < 1.29 is 8.42 Å². The topological polar surface area (TPSA) is 58.4 Å². The number of likely N-dealkylation sites (tertiary alicyclic amines) is 1. The first-order valence-corrected chi connectivity index (χ1v) is 10.2. The fourth-order valence-corrected chi connectivity index (χ4v) is 5.77. The highest BCUT2D eigenvalue weighted by Gasteiger charge is 2.38. The summed E-state index contributed by atoms with van der Waals surface area (Å²) in [6.45, 7) is 6.65. The van der Waals surface area contributed by atoms with Gasteiger partial charge in [-0.25, -0.2) is 8.42 Å². The zero-order valence-corrected chi connectivity index (χ0v) is 15.2. The SMILES string of the molecule is Cc1cc(CN2CCCCC2C(C)N2CCCS2(=O)=O)nn1C. The monoisotopic (exact) mass is 340 g/mol. The van der Waals surface area contributed by atoms with Crippen LogP contribution in [0.25, 0.3) is 0 Å². The van der Waals surface area contributed by atoms with Crippen LogP contribution in [0.1, 0.15) is 44.0 Å². The molecule has 2 aliphatic rings. The second-order valence-electron chi connectivity index (χ2n) is 6.96. The van der Waals surface area contributed by atoms with Gasteiger partial charge >= 0.3 is 0 Å². The molecule has 23 heavy (non-hydrogen) atoms. The summed E-state index contributed by atoms with van der Waals surface area (Å²) in [6.07, 6.45) is 4.19. The summed E-state index contributed by atoms with van der Waals surface area (Å²) in [4.78, 5) is 2.43. The van der Waals surface area contributed by atoms with Gasteiger partial charge in [-0.3, -0.25) is 9.58 Å². The first-order chi connectivity index (χ1) is 10.9. The van der Waals surface area contributed by atoms with Crippen LogP contribution in [-0.4, -0.2) is 58.3 Å². The summed E-state index contributed by atoms with van der Waals surface area (Å²) >= 11 is 0. The van der Waals surface area contributed by atoms with E-state index < -0.39 is 10.0 Å². The molecule has 0 bridgehead atoms. The number of sulfonamides is 1. The van der Waals surface area contributed by atoms with Gasteiger partial charge in [0.1, 0.15) is 0 Å². The number of rotatable bonds is 4. The first-order valence-electron chi connectivity index (χ1n) is 8.61. The van der Waals surface area contributed by atoms with Gasteiger partial charge in [-0.2, -0.15) is 9.40 Å². The van der Waals surface area contributed by atoms with Gasteiger partial charge in [-0.15, -0.1) is 0 Å². The molecule has 7 heteroatoms. The molecule has 1 aromatic heterocycles. The largest absolute Gasteiger partial charge is 0.293 e. The molecule has 6 nitrogen and oxygen atoms in total. The highest BCUT2D eigenvalue weighted by atomic mass is 32.2. The van der Waals surface area contributed by atoms with Crippen LogP contribution in [0.4, 0.5) is 0 Å². The lowest BCUT2D eigenvalue weighted by atomic mass is 9.96. The third-order valence-electron chi connectivity index (χ3n) is 5.34. The van der Waals surface area contributed by atoms with Crippen molar-refractivity contribution in [2.24, 2.45) is 7.05 Å². The number of hydrogen-bond acceptors (Lipinski definition) is 4. The molecule has 2 saturated heterocycles. The van der Waals surface area contributed by atoms with Crippen LogP contribution < -0.4 is 0 Å². The maximum Gasteiger partial charge on any atom is 0.214 e. The van der Waals surface area contributed by atoms with Crippen LogP contribution in [0.2, 0.25) is 0 Å². The van der Waals surface area contributed by atoms with Gasteiger partial charge in [0, 0.05) is 37.9 Å². The van der Waals surface area contributed by atoms with E-state index in [1.807, 2.05) is 11.7 Å². The standard InChI is InChI=1S/C16H28N4O2S/c1-13-11-15(17-18(13)3)12-19-8-5-4-7-16(19)14(2)20-9-6-10-23(20,21)22/h11,14,16H,4-10,12H2,1-3H3. The average Bonchev–Trinajstić information content (AvgIpc) is 3.01. The smallest absolute Gasteiger partial charge is 0.214 e. The van der Waals surface area contributed by atoms with E-state index in [4.69, 9.17) is 0 Å². The van der Waals surface area contributed by atoms with Crippen LogP contribution in [0, 0.1) is 6.92 Å². The Morgan fingerprint density at radius 3 is 2.70 bits per heavy atom. The number of aromatic nitrogens is 2. The molecule has 0 aromatic carbocycles. The second-order valence-corrected chi connectivity index (χ2v) is 9.00. The third-order valence-corrected chi connectivity index (χ3v) is 7.38. The Labute approximate surface area is 139 Å². The summed E-state index contributed by atoms with van der Waals surface area (Å²) in [5, 5.41) is 4.57. The quantitative estimate of drug-likeness (QED) is 0.834. The van der Waals surface area contributed by atoms with Gasteiger partial charge in [0.25, 0.3) is 0 Å². The van der Waals surface area contributed by atoms with Crippen LogP contribution in [0.5, 0.6) is 0 Å². The van der Waals surface area contributed by atoms with Crippen molar-refractivity contribution in [3.05, 3.63) is 17.5 Å². The van der Waals surface area contributed by atoms with Crippen LogP contribution in [0.15, 0.2) is 6.07 Å². The molecule has 3 rings (SSSR count). The minimum Gasteiger partial charge on any atom is -0.293 e. The molecule has 0 aliphatic carbocycles. The van der Waals surface area contributed by atoms with E-state index in [0.717, 1.165) is 37.3 Å². The molecular weight excluding hydrogens is 312 g/mol. The highest BCUT2D eigenvalue weighted by molar-refractivity contribution is 7.89. The summed E-state index contributed by atoms with van der Waals surface area (Å²) in [5.41, 5.74) is 2.23. The molecule has 3 heterocycles. The van der Waals surface area contributed by atoms with E-state index in [2.05, 4.69) is 29.9 Å². The normalized spacial score (nSPS) is 27.3. The van der Waals surface area contributed by atoms with Crippen LogP contribution >= 0.6 is 0 Å². The fraction of sp³-hybridized carbons (Fsp3) is 0.812. The molecule has 0 spiro atoms. The zero-order chi connectivity index (χ0) is 16.6. The van der Waals surface area contributed by atoms with Gasteiger partial charge in [0.15, 0.2) is 0 Å². The Kier molecular flexibility index (Phi) is 4.80. The average molecular weight is 340 g/mol. The Bertz CT molecular complexity index is 636. The van der Waals surface area contributed by atoms with Crippen molar-refractivity contribution in [1.82, 2.24) is 19.0 Å². The first kappa shape index (κ1) is 16.9. The highest BCUT2D eigenvalue weighted by Crippen LogP contribution is 2.28. The molecule has 0 radical (unpaired) electrons. The molecule has 1 aromatic rings. The Hall–Kier alpha value is -0.920. The number of piperidine rings is 1. The van der Waals surface area contributed by atoms with Crippen molar-refractivity contribution in [3.8, 4) is 0 Å². The summed E-state index contributed by atoms with van der Waals surface area (Å²) in [7, 11) is -1.08. The third kappa shape index (κ3) is 3.46. The molecule has 2 aliphatic heterocycles. The lowest BCUT2D eigenvalue weighted by Crippen LogP contribution is -2.52. The van der Waals surface area contributed by atoms with Gasteiger partial charge in [-0.1, -0.05) is 6.42 Å². The van der Waals surface area contributed by atoms with Gasteiger partial charge in [0.2, 0.25) is 10.0 Å². The van der Waals surface area contributed by atoms with Gasteiger partial charge in [0.05, 0.1) is 11.4 Å². The van der Waals surface area contributed by atoms with Crippen molar-refractivity contribution in [2.75, 3.05) is 18.8 Å². The second kappa shape index (κ2) is 6.53. The minimum absolute atomic E-state index is 0.0487. The Balaban J connectivity index is 1.75. The summed E-state index contributed by atoms with van der Waals surface area (Å²) in [5.74, 6) is 0.309. The van der Waals surface area contributed by atoms with E-state index in [1.165, 1.54) is 12.8 Å². The maximum atomic E-state index is 12.3. The lowest BCUT2D eigenvalue weighted by Gasteiger charge is -2.41. The molecule has 2 atom stereocenters. The van der Waals surface area contributed by atoms with Crippen molar-refractivity contribution in [3.63, 3.8) is 0 Å². The van der Waals surface area contributed by atoms with Crippen LogP contribution in [-0.2, 0) is 23.6 Å². The van der Waals surface area contributed by atoms with Crippen molar-refractivity contribution in [2.45, 2.75) is 58.2 Å². The Morgan fingerprint density at radius 1 is 1.30 bits per heavy atom. The fourth-order valence-electron chi connectivity index (χ4n) is 3.99. The number of nitrogens with zero attached hydrogens (tertiary/aromatic N) is 4. The summed E-state index contributed by atoms with van der Waals surface area (Å²) < 4.78 is 28.1. The van der Waals surface area contributed by atoms with Crippen molar-refractivity contribution in [1.29, 1.82) is 0 Å². The molecule has 2 unspecified atom stereocenters. The van der Waals surface area contributed by atoms with E-state index in [0.29, 0.717) is 18.3 Å². The minimum atomic E-state index is -3.05. The molecule has 2 fully saturated rings. The van der Waals surface area contributed by atoms with Crippen molar-refractivity contribution >= 4 is 10.0 Å². The number of hydrogen-bond donors (Lipinski definition) is 0. The zero-order valence-electron chi connectivity index (χ0n) is 14.4. The van der Waals surface area contributed by atoms with E-state index >= 15 is 0 Å². The Morgan fingerprint density at radius 2 is 2.09 bits per heavy atom. The van der Waals surface area contributed by atoms with E-state index in [9.17, 15) is 8.42 Å². The lowest BCUT2D eigenvalue weighted by molar-refractivity contribution is 0.0869. The predicted molar refractivity (Wildman–Crippen MR) is 90.6 cm³/mol.